The van der Waals surface area contributed by atoms with Gasteiger partial charge in [-0.3, -0.25) is 0 Å². The highest BCUT2D eigenvalue weighted by Crippen LogP contribution is 2.36. The lowest BCUT2D eigenvalue weighted by molar-refractivity contribution is 0.00578. The Bertz CT molecular complexity index is 620. The maximum absolute atomic E-state index is 6.05. The molecule has 0 unspecified atom stereocenters. The first-order chi connectivity index (χ1) is 8.82. The summed E-state index contributed by atoms with van der Waals surface area (Å²) in [5.74, 6) is 0. The van der Waals surface area contributed by atoms with Gasteiger partial charge in [0.05, 0.1) is 16.8 Å². The number of hydrogen-bond acceptors (Lipinski definition) is 4. The van der Waals surface area contributed by atoms with Crippen molar-refractivity contribution in [3.05, 3.63) is 18.6 Å². The van der Waals surface area contributed by atoms with Crippen LogP contribution in [0.4, 0.5) is 0 Å². The summed E-state index contributed by atoms with van der Waals surface area (Å²) in [6.07, 6.45) is 3.52. The quantitative estimate of drug-likeness (QED) is 0.723. The maximum Gasteiger partial charge on any atom is 0.515 e. The van der Waals surface area contributed by atoms with Crippen LogP contribution in [0.2, 0.25) is 0 Å². The van der Waals surface area contributed by atoms with Crippen molar-refractivity contribution < 1.29 is 9.31 Å². The average Bonchev–Trinajstić information content (AvgIpc) is 2.78. The Hall–Kier alpha value is -1.40. The molecule has 5 nitrogen and oxygen atoms in total. The Morgan fingerprint density at radius 2 is 1.74 bits per heavy atom. The van der Waals surface area contributed by atoms with Crippen LogP contribution in [0.15, 0.2) is 18.6 Å². The molecule has 1 aliphatic heterocycles. The van der Waals surface area contributed by atoms with Crippen molar-refractivity contribution >= 4 is 23.7 Å². The first-order valence-electron chi connectivity index (χ1n) is 6.43. The summed E-state index contributed by atoms with van der Waals surface area (Å²) in [5.41, 5.74) is 0.969. The number of aromatic nitrogens is 3. The van der Waals surface area contributed by atoms with E-state index in [9.17, 15) is 0 Å². The molecule has 6 heteroatoms. The lowest BCUT2D eigenvalue weighted by atomic mass is 9.82. The van der Waals surface area contributed by atoms with Gasteiger partial charge in [0.25, 0.3) is 0 Å². The highest BCUT2D eigenvalue weighted by Gasteiger charge is 2.52. The van der Waals surface area contributed by atoms with E-state index in [0.717, 1.165) is 16.6 Å². The Morgan fingerprint density at radius 1 is 1.11 bits per heavy atom. The van der Waals surface area contributed by atoms with E-state index < -0.39 is 7.12 Å². The Labute approximate surface area is 113 Å². The number of aryl methyl sites for hydroxylation is 1. The summed E-state index contributed by atoms with van der Waals surface area (Å²) in [5, 5.41) is 0.975. The van der Waals surface area contributed by atoms with Crippen LogP contribution in [-0.4, -0.2) is 32.9 Å². The molecule has 19 heavy (non-hydrogen) atoms. The van der Waals surface area contributed by atoms with E-state index in [0.29, 0.717) is 0 Å². The normalized spacial score (nSPS) is 21.2. The number of rotatable bonds is 1. The van der Waals surface area contributed by atoms with Gasteiger partial charge in [-0.05, 0) is 33.8 Å². The van der Waals surface area contributed by atoms with Gasteiger partial charge in [-0.2, -0.15) is 0 Å². The molecule has 0 radical (unpaired) electrons. The monoisotopic (exact) mass is 259 g/mol. The van der Waals surface area contributed by atoms with Crippen molar-refractivity contribution in [2.75, 3.05) is 0 Å². The molecule has 1 fully saturated rings. The van der Waals surface area contributed by atoms with Crippen LogP contribution in [0.25, 0.3) is 11.0 Å². The smallest absolute Gasteiger partial charge is 0.398 e. The molecule has 0 amide bonds. The lowest BCUT2D eigenvalue weighted by Crippen LogP contribution is -2.41. The highest BCUT2D eigenvalue weighted by molar-refractivity contribution is 6.64. The average molecular weight is 259 g/mol. The molecular formula is C13H18BN3O2. The van der Waals surface area contributed by atoms with Crippen LogP contribution in [0.5, 0.6) is 0 Å². The molecule has 0 bridgehead atoms. The number of fused-ring (bicyclic) bond motifs is 1. The van der Waals surface area contributed by atoms with Crippen LogP contribution < -0.4 is 5.59 Å². The second-order valence-corrected chi connectivity index (χ2v) is 6.01. The van der Waals surface area contributed by atoms with E-state index >= 15 is 0 Å². The Kier molecular flexibility index (Phi) is 2.53. The van der Waals surface area contributed by atoms with Gasteiger partial charge >= 0.3 is 7.12 Å². The van der Waals surface area contributed by atoms with Crippen LogP contribution in [0.1, 0.15) is 27.7 Å². The molecule has 3 heterocycles. The zero-order valence-electron chi connectivity index (χ0n) is 12.0. The summed E-state index contributed by atoms with van der Waals surface area (Å²) >= 11 is 0. The Morgan fingerprint density at radius 3 is 2.37 bits per heavy atom. The van der Waals surface area contributed by atoms with Crippen LogP contribution in [0.3, 0.4) is 0 Å². The van der Waals surface area contributed by atoms with E-state index in [1.54, 1.807) is 6.33 Å². The van der Waals surface area contributed by atoms with Gasteiger partial charge in [-0.1, -0.05) is 0 Å². The maximum atomic E-state index is 6.05. The van der Waals surface area contributed by atoms with Gasteiger partial charge in [-0.25, -0.2) is 9.97 Å². The molecule has 0 aliphatic carbocycles. The third kappa shape index (κ3) is 1.78. The SMILES string of the molecule is Cn1ccc2c(B3OC(C)(C)C(C)(C)O3)ncnc21. The third-order valence-corrected chi connectivity index (χ3v) is 4.17. The number of hydrogen-bond donors (Lipinski definition) is 0. The van der Waals surface area contributed by atoms with Crippen molar-refractivity contribution in [1.29, 1.82) is 0 Å². The molecule has 2 aromatic heterocycles. The van der Waals surface area contributed by atoms with Crippen molar-refractivity contribution in [2.24, 2.45) is 7.05 Å². The van der Waals surface area contributed by atoms with E-state index in [1.165, 1.54) is 0 Å². The summed E-state index contributed by atoms with van der Waals surface area (Å²) in [6.45, 7) is 8.15. The molecular weight excluding hydrogens is 241 g/mol. The zero-order chi connectivity index (χ0) is 13.8. The number of nitrogens with zero attached hydrogens (tertiary/aromatic N) is 3. The fourth-order valence-corrected chi connectivity index (χ4v) is 2.24. The Balaban J connectivity index is 2.07. The van der Waals surface area contributed by atoms with E-state index in [1.807, 2.05) is 51.6 Å². The molecule has 0 aromatic carbocycles. The predicted molar refractivity (Wildman–Crippen MR) is 74.2 cm³/mol. The van der Waals surface area contributed by atoms with Crippen LogP contribution >= 0.6 is 0 Å². The largest absolute Gasteiger partial charge is 0.515 e. The summed E-state index contributed by atoms with van der Waals surface area (Å²) in [4.78, 5) is 8.65. The standard InChI is InChI=1S/C13H18BN3O2/c1-12(2)13(3,4)19-14(18-12)10-9-6-7-17(5)11(9)16-8-15-10/h6-8H,1-5H3. The molecule has 1 aliphatic rings. The first kappa shape index (κ1) is 12.6. The van der Waals surface area contributed by atoms with Gasteiger partial charge in [0.2, 0.25) is 0 Å². The van der Waals surface area contributed by atoms with Crippen molar-refractivity contribution in [3.63, 3.8) is 0 Å². The molecule has 0 spiro atoms. The predicted octanol–water partition coefficient (Wildman–Crippen LogP) is 1.27. The van der Waals surface area contributed by atoms with Gasteiger partial charge in [0.15, 0.2) is 0 Å². The van der Waals surface area contributed by atoms with E-state index in [2.05, 4.69) is 9.97 Å². The van der Waals surface area contributed by atoms with Gasteiger partial charge in [0.1, 0.15) is 12.0 Å². The zero-order valence-corrected chi connectivity index (χ0v) is 12.0. The highest BCUT2D eigenvalue weighted by atomic mass is 16.7. The van der Waals surface area contributed by atoms with Gasteiger partial charge < -0.3 is 13.9 Å². The van der Waals surface area contributed by atoms with Crippen LogP contribution in [0, 0.1) is 0 Å². The van der Waals surface area contributed by atoms with Crippen molar-refractivity contribution in [3.8, 4) is 0 Å². The molecule has 1 saturated heterocycles. The fraction of sp³-hybridized carbons (Fsp3) is 0.538. The molecule has 0 N–H and O–H groups in total. The van der Waals surface area contributed by atoms with Crippen LogP contribution in [-0.2, 0) is 16.4 Å². The lowest BCUT2D eigenvalue weighted by Gasteiger charge is -2.32. The summed E-state index contributed by atoms with van der Waals surface area (Å²) < 4.78 is 14.1. The summed E-state index contributed by atoms with van der Waals surface area (Å²) in [7, 11) is 1.52. The molecule has 2 aromatic rings. The molecule has 0 atom stereocenters. The van der Waals surface area contributed by atoms with Gasteiger partial charge in [0, 0.05) is 18.6 Å². The third-order valence-electron chi connectivity index (χ3n) is 4.17. The fourth-order valence-electron chi connectivity index (χ4n) is 2.24. The molecule has 100 valence electrons. The molecule has 3 rings (SSSR count). The van der Waals surface area contributed by atoms with E-state index in [-0.39, 0.29) is 11.2 Å². The minimum atomic E-state index is -0.446. The minimum absolute atomic E-state index is 0.357. The topological polar surface area (TPSA) is 49.2 Å². The summed E-state index contributed by atoms with van der Waals surface area (Å²) in [6, 6.07) is 2.00. The first-order valence-corrected chi connectivity index (χ1v) is 6.43. The van der Waals surface area contributed by atoms with Gasteiger partial charge in [-0.15, -0.1) is 0 Å². The second kappa shape index (κ2) is 3.80. The van der Waals surface area contributed by atoms with Crippen molar-refractivity contribution in [1.82, 2.24) is 14.5 Å². The molecule has 0 saturated carbocycles. The van der Waals surface area contributed by atoms with E-state index in [4.69, 9.17) is 9.31 Å². The minimum Gasteiger partial charge on any atom is -0.398 e. The second-order valence-electron chi connectivity index (χ2n) is 6.01. The van der Waals surface area contributed by atoms with Crippen molar-refractivity contribution in [2.45, 2.75) is 38.9 Å².